The summed E-state index contributed by atoms with van der Waals surface area (Å²) in [7, 11) is 0. The summed E-state index contributed by atoms with van der Waals surface area (Å²) >= 11 is 11.8. The Labute approximate surface area is 131 Å². The summed E-state index contributed by atoms with van der Waals surface area (Å²) < 4.78 is 41.4. The van der Waals surface area contributed by atoms with Crippen LogP contribution in [0.3, 0.4) is 0 Å². The highest BCUT2D eigenvalue weighted by Crippen LogP contribution is 2.36. The van der Waals surface area contributed by atoms with E-state index in [-0.39, 0.29) is 27.0 Å². The standard InChI is InChI=1S/C12H7Cl2F3N2O3/c1-5-7(11(20)21)4-18-19(5)10-8(13)2-6(3-9(10)14)22-12(15,16)17/h2-4H,1H3,(H,20,21). The number of nitrogens with zero attached hydrogens (tertiary/aromatic N) is 2. The SMILES string of the molecule is Cc1c(C(=O)O)cnn1-c1c(Cl)cc(OC(F)(F)F)cc1Cl. The maximum Gasteiger partial charge on any atom is 0.573 e. The second-order valence-electron chi connectivity index (χ2n) is 4.14. The number of hydrogen-bond acceptors (Lipinski definition) is 3. The smallest absolute Gasteiger partial charge is 0.478 e. The van der Waals surface area contributed by atoms with E-state index in [1.165, 1.54) is 6.92 Å². The molecule has 1 aromatic carbocycles. The van der Waals surface area contributed by atoms with Crippen LogP contribution in [0.25, 0.3) is 5.69 Å². The van der Waals surface area contributed by atoms with Crippen LogP contribution in [0.1, 0.15) is 16.1 Å². The minimum absolute atomic E-state index is 0.0582. The van der Waals surface area contributed by atoms with Gasteiger partial charge in [-0.25, -0.2) is 9.48 Å². The summed E-state index contributed by atoms with van der Waals surface area (Å²) in [5.74, 6) is -1.79. The molecule has 0 atom stereocenters. The zero-order chi connectivity index (χ0) is 16.7. The first-order chi connectivity index (χ1) is 10.1. The average Bonchev–Trinajstić information content (AvgIpc) is 2.68. The van der Waals surface area contributed by atoms with Gasteiger partial charge in [0.2, 0.25) is 0 Å². The van der Waals surface area contributed by atoms with E-state index in [9.17, 15) is 18.0 Å². The van der Waals surface area contributed by atoms with Crippen molar-refractivity contribution in [1.29, 1.82) is 0 Å². The minimum Gasteiger partial charge on any atom is -0.478 e. The van der Waals surface area contributed by atoms with Crippen molar-refractivity contribution in [3.05, 3.63) is 39.6 Å². The molecule has 1 aromatic heterocycles. The van der Waals surface area contributed by atoms with Gasteiger partial charge in [-0.15, -0.1) is 13.2 Å². The lowest BCUT2D eigenvalue weighted by Crippen LogP contribution is -2.17. The molecule has 0 fully saturated rings. The number of ether oxygens (including phenoxy) is 1. The van der Waals surface area contributed by atoms with Gasteiger partial charge in [0.05, 0.1) is 21.9 Å². The Bertz CT molecular complexity index is 721. The van der Waals surface area contributed by atoms with Gasteiger partial charge in [-0.1, -0.05) is 23.2 Å². The van der Waals surface area contributed by atoms with Gasteiger partial charge >= 0.3 is 12.3 Å². The Morgan fingerprint density at radius 1 is 1.32 bits per heavy atom. The highest BCUT2D eigenvalue weighted by Gasteiger charge is 2.32. The Morgan fingerprint density at radius 3 is 2.27 bits per heavy atom. The van der Waals surface area contributed by atoms with Gasteiger partial charge in [0.1, 0.15) is 17.0 Å². The molecule has 1 heterocycles. The second kappa shape index (κ2) is 5.69. The van der Waals surface area contributed by atoms with Crippen LogP contribution in [0, 0.1) is 6.92 Å². The molecule has 0 unspecified atom stereocenters. The summed E-state index contributed by atoms with van der Waals surface area (Å²) in [4.78, 5) is 11.0. The topological polar surface area (TPSA) is 64.3 Å². The lowest BCUT2D eigenvalue weighted by molar-refractivity contribution is -0.274. The summed E-state index contributed by atoms with van der Waals surface area (Å²) in [6.45, 7) is 1.46. The molecule has 0 aliphatic rings. The van der Waals surface area contributed by atoms with Crippen molar-refractivity contribution in [3.8, 4) is 11.4 Å². The molecular weight excluding hydrogens is 348 g/mol. The number of benzene rings is 1. The lowest BCUT2D eigenvalue weighted by atomic mass is 10.2. The van der Waals surface area contributed by atoms with Crippen LogP contribution < -0.4 is 4.74 Å². The van der Waals surface area contributed by atoms with Crippen molar-refractivity contribution in [2.45, 2.75) is 13.3 Å². The summed E-state index contributed by atoms with van der Waals surface area (Å²) in [6, 6.07) is 1.83. The summed E-state index contributed by atoms with van der Waals surface area (Å²) in [6.07, 6.45) is -3.79. The van der Waals surface area contributed by atoms with Gasteiger partial charge in [0.25, 0.3) is 0 Å². The number of halogens is 5. The number of carboxylic acid groups (broad SMARTS) is 1. The van der Waals surface area contributed by atoms with Crippen molar-refractivity contribution >= 4 is 29.2 Å². The van der Waals surface area contributed by atoms with Crippen molar-refractivity contribution < 1.29 is 27.8 Å². The maximum atomic E-state index is 12.2. The Morgan fingerprint density at radius 2 is 1.86 bits per heavy atom. The molecule has 0 aliphatic carbocycles. The molecule has 0 radical (unpaired) electrons. The van der Waals surface area contributed by atoms with Crippen LogP contribution in [0.5, 0.6) is 5.75 Å². The van der Waals surface area contributed by atoms with Gasteiger partial charge in [-0.05, 0) is 6.92 Å². The third-order valence-corrected chi connectivity index (χ3v) is 3.25. The first-order valence-electron chi connectivity index (χ1n) is 5.63. The molecule has 5 nitrogen and oxygen atoms in total. The predicted octanol–water partition coefficient (Wildman–Crippen LogP) is 4.08. The largest absolute Gasteiger partial charge is 0.573 e. The number of rotatable bonds is 3. The zero-order valence-corrected chi connectivity index (χ0v) is 12.3. The molecule has 2 rings (SSSR count). The molecule has 0 spiro atoms. The van der Waals surface area contributed by atoms with E-state index in [1.54, 1.807) is 0 Å². The van der Waals surface area contributed by atoms with Crippen LogP contribution in [0.4, 0.5) is 13.2 Å². The molecule has 22 heavy (non-hydrogen) atoms. The van der Waals surface area contributed by atoms with E-state index in [1.807, 2.05) is 0 Å². The quantitative estimate of drug-likeness (QED) is 0.901. The summed E-state index contributed by atoms with van der Waals surface area (Å²) in [5, 5.41) is 12.5. The van der Waals surface area contributed by atoms with Gasteiger partial charge in [-0.2, -0.15) is 5.10 Å². The second-order valence-corrected chi connectivity index (χ2v) is 4.96. The third-order valence-electron chi connectivity index (χ3n) is 2.68. The molecule has 1 N–H and O–H groups in total. The number of aromatic nitrogens is 2. The van der Waals surface area contributed by atoms with E-state index in [4.69, 9.17) is 28.3 Å². The van der Waals surface area contributed by atoms with Gasteiger partial charge in [0.15, 0.2) is 0 Å². The summed E-state index contributed by atoms with van der Waals surface area (Å²) in [5.41, 5.74) is 0.200. The molecule has 0 aliphatic heterocycles. The van der Waals surface area contributed by atoms with Crippen molar-refractivity contribution in [1.82, 2.24) is 9.78 Å². The van der Waals surface area contributed by atoms with Crippen LogP contribution in [0.2, 0.25) is 10.0 Å². The normalized spacial score (nSPS) is 11.5. The minimum atomic E-state index is -4.88. The fourth-order valence-electron chi connectivity index (χ4n) is 1.78. The molecule has 2 aromatic rings. The van der Waals surface area contributed by atoms with Crippen LogP contribution in [-0.2, 0) is 0 Å². The Balaban J connectivity index is 2.51. The number of hydrogen-bond donors (Lipinski definition) is 1. The zero-order valence-electron chi connectivity index (χ0n) is 10.8. The maximum absolute atomic E-state index is 12.2. The fourth-order valence-corrected chi connectivity index (χ4v) is 2.41. The molecule has 118 valence electrons. The van der Waals surface area contributed by atoms with Gasteiger partial charge in [-0.3, -0.25) is 0 Å². The first kappa shape index (κ1) is 16.4. The van der Waals surface area contributed by atoms with E-state index < -0.39 is 18.1 Å². The molecule has 0 saturated carbocycles. The van der Waals surface area contributed by atoms with E-state index in [0.29, 0.717) is 0 Å². The fraction of sp³-hybridized carbons (Fsp3) is 0.167. The van der Waals surface area contributed by atoms with E-state index in [2.05, 4.69) is 9.84 Å². The van der Waals surface area contributed by atoms with Gasteiger partial charge in [0, 0.05) is 12.1 Å². The van der Waals surface area contributed by atoms with Crippen molar-refractivity contribution in [2.24, 2.45) is 0 Å². The number of alkyl halides is 3. The van der Waals surface area contributed by atoms with Crippen LogP contribution >= 0.6 is 23.2 Å². The molecule has 0 bridgehead atoms. The average molecular weight is 355 g/mol. The molecule has 0 saturated heterocycles. The van der Waals surface area contributed by atoms with Crippen LogP contribution in [-0.4, -0.2) is 27.2 Å². The van der Waals surface area contributed by atoms with Crippen LogP contribution in [0.15, 0.2) is 18.3 Å². The number of carboxylic acids is 1. The molecule has 10 heteroatoms. The predicted molar refractivity (Wildman–Crippen MR) is 72.0 cm³/mol. The monoisotopic (exact) mass is 354 g/mol. The lowest BCUT2D eigenvalue weighted by Gasteiger charge is -2.13. The van der Waals surface area contributed by atoms with Crippen molar-refractivity contribution in [2.75, 3.05) is 0 Å². The third kappa shape index (κ3) is 3.28. The number of aromatic carboxylic acids is 1. The highest BCUT2D eigenvalue weighted by atomic mass is 35.5. The van der Waals surface area contributed by atoms with Gasteiger partial charge < -0.3 is 9.84 Å². The highest BCUT2D eigenvalue weighted by molar-refractivity contribution is 6.38. The Hall–Kier alpha value is -1.93. The number of carbonyl (C=O) groups is 1. The van der Waals surface area contributed by atoms with E-state index >= 15 is 0 Å². The van der Waals surface area contributed by atoms with E-state index in [0.717, 1.165) is 23.0 Å². The first-order valence-corrected chi connectivity index (χ1v) is 6.39. The molecular formula is C12H7Cl2F3N2O3. The Kier molecular flexibility index (Phi) is 4.25. The van der Waals surface area contributed by atoms with Crippen molar-refractivity contribution in [3.63, 3.8) is 0 Å². The molecule has 0 amide bonds.